The van der Waals surface area contributed by atoms with Crippen molar-refractivity contribution in [2.75, 3.05) is 11.8 Å². The zero-order valence-corrected chi connectivity index (χ0v) is 16.1. The lowest BCUT2D eigenvalue weighted by molar-refractivity contribution is 0.403. The third-order valence-corrected chi connectivity index (χ3v) is 5.50. The summed E-state index contributed by atoms with van der Waals surface area (Å²) in [6.45, 7) is 0. The average Bonchev–Trinajstić information content (AvgIpc) is 2.62. The number of hydrogen-bond donors (Lipinski definition) is 2. The molecule has 3 rings (SSSR count). The number of phenolic OH excluding ortho intramolecular Hbond substituents is 1. The largest absolute Gasteiger partial charge is 0.508 e. The number of nitrogens with zero attached hydrogens (tertiary/aromatic N) is 1. The lowest BCUT2D eigenvalue weighted by Gasteiger charge is -2.12. The molecule has 0 radical (unpaired) electrons. The smallest absolute Gasteiger partial charge is 0.265 e. The first kappa shape index (κ1) is 18.2. The monoisotopic (exact) mass is 434 g/mol. The number of ether oxygens (including phenoxy) is 1. The molecule has 0 bridgehead atoms. The molecule has 3 aromatic rings. The van der Waals surface area contributed by atoms with E-state index in [-0.39, 0.29) is 16.4 Å². The number of rotatable bonds is 5. The maximum atomic E-state index is 12.8. The van der Waals surface area contributed by atoms with Crippen LogP contribution in [-0.2, 0) is 10.0 Å². The Labute approximate surface area is 159 Å². The van der Waals surface area contributed by atoms with Crippen molar-refractivity contribution in [3.8, 4) is 22.6 Å². The number of anilines is 1. The number of pyridine rings is 1. The molecule has 2 N–H and O–H groups in total. The summed E-state index contributed by atoms with van der Waals surface area (Å²) in [6.07, 6.45) is 3.04. The molecule has 26 heavy (non-hydrogen) atoms. The molecule has 134 valence electrons. The molecule has 0 atom stereocenters. The van der Waals surface area contributed by atoms with Crippen LogP contribution in [0.15, 0.2) is 70.3 Å². The summed E-state index contributed by atoms with van der Waals surface area (Å²) in [5.74, 6) is 0.392. The van der Waals surface area contributed by atoms with E-state index in [2.05, 4.69) is 25.6 Å². The molecule has 0 unspecified atom stereocenters. The fourth-order valence-corrected chi connectivity index (χ4v) is 4.12. The number of phenols is 1. The normalized spacial score (nSPS) is 11.2. The number of nitrogens with one attached hydrogen (secondary N) is 1. The van der Waals surface area contributed by atoms with E-state index < -0.39 is 10.0 Å². The highest BCUT2D eigenvalue weighted by Crippen LogP contribution is 2.30. The van der Waals surface area contributed by atoms with Crippen LogP contribution < -0.4 is 9.46 Å². The summed E-state index contributed by atoms with van der Waals surface area (Å²) in [6, 6.07) is 13.0. The molecule has 0 saturated heterocycles. The lowest BCUT2D eigenvalue weighted by Crippen LogP contribution is -2.14. The minimum Gasteiger partial charge on any atom is -0.508 e. The van der Waals surface area contributed by atoms with Gasteiger partial charge in [-0.15, -0.1) is 0 Å². The standard InChI is InChI=1S/C18H15BrN2O4S/c1-25-17-7-4-14(19)9-18(17)26(23,24)21-15-8-13(10-20-11-15)12-2-5-16(22)6-3-12/h2-11,21-22H,1H3. The van der Waals surface area contributed by atoms with E-state index >= 15 is 0 Å². The van der Waals surface area contributed by atoms with Crippen LogP contribution in [0.3, 0.4) is 0 Å². The van der Waals surface area contributed by atoms with Crippen LogP contribution in [0.4, 0.5) is 5.69 Å². The van der Waals surface area contributed by atoms with Gasteiger partial charge in [-0.2, -0.15) is 0 Å². The Hall–Kier alpha value is -2.58. The predicted octanol–water partition coefficient (Wildman–Crippen LogP) is 4.03. The van der Waals surface area contributed by atoms with E-state index in [1.165, 1.54) is 19.4 Å². The summed E-state index contributed by atoms with van der Waals surface area (Å²) in [4.78, 5) is 4.11. The van der Waals surface area contributed by atoms with Gasteiger partial charge in [-0.1, -0.05) is 28.1 Å². The number of hydrogen-bond acceptors (Lipinski definition) is 5. The van der Waals surface area contributed by atoms with Gasteiger partial charge in [0.2, 0.25) is 0 Å². The molecule has 2 aromatic carbocycles. The van der Waals surface area contributed by atoms with Crippen molar-refractivity contribution in [1.29, 1.82) is 0 Å². The third kappa shape index (κ3) is 3.97. The van der Waals surface area contributed by atoms with Crippen molar-refractivity contribution in [3.05, 3.63) is 65.4 Å². The van der Waals surface area contributed by atoms with Crippen LogP contribution >= 0.6 is 15.9 Å². The van der Waals surface area contributed by atoms with E-state index in [1.54, 1.807) is 48.7 Å². The summed E-state index contributed by atoms with van der Waals surface area (Å²) in [5.41, 5.74) is 1.83. The Balaban J connectivity index is 1.95. The Bertz CT molecular complexity index is 1040. The van der Waals surface area contributed by atoms with Crippen molar-refractivity contribution in [1.82, 2.24) is 4.98 Å². The minimum absolute atomic E-state index is 0.0180. The van der Waals surface area contributed by atoms with Crippen LogP contribution in [0.2, 0.25) is 0 Å². The number of aromatic nitrogens is 1. The van der Waals surface area contributed by atoms with Crippen LogP contribution in [0.1, 0.15) is 0 Å². The second-order valence-electron chi connectivity index (χ2n) is 5.41. The first-order valence-corrected chi connectivity index (χ1v) is 9.77. The minimum atomic E-state index is -3.87. The maximum absolute atomic E-state index is 12.8. The molecule has 0 amide bonds. The highest BCUT2D eigenvalue weighted by Gasteiger charge is 2.20. The van der Waals surface area contributed by atoms with Gasteiger partial charge >= 0.3 is 0 Å². The predicted molar refractivity (Wildman–Crippen MR) is 103 cm³/mol. The molecule has 1 aromatic heterocycles. The summed E-state index contributed by atoms with van der Waals surface area (Å²) >= 11 is 3.27. The topological polar surface area (TPSA) is 88.5 Å². The SMILES string of the molecule is COc1ccc(Br)cc1S(=O)(=O)Nc1cncc(-c2ccc(O)cc2)c1. The molecule has 0 spiro atoms. The average molecular weight is 435 g/mol. The summed E-state index contributed by atoms with van der Waals surface area (Å²) in [7, 11) is -2.46. The number of benzene rings is 2. The highest BCUT2D eigenvalue weighted by molar-refractivity contribution is 9.10. The van der Waals surface area contributed by atoms with Gasteiger partial charge in [0.1, 0.15) is 16.4 Å². The van der Waals surface area contributed by atoms with Crippen molar-refractivity contribution in [2.45, 2.75) is 4.90 Å². The van der Waals surface area contributed by atoms with Gasteiger partial charge in [0.05, 0.1) is 19.0 Å². The maximum Gasteiger partial charge on any atom is 0.265 e. The zero-order chi connectivity index (χ0) is 18.7. The molecule has 0 saturated carbocycles. The van der Waals surface area contributed by atoms with Gasteiger partial charge < -0.3 is 9.84 Å². The van der Waals surface area contributed by atoms with E-state index in [9.17, 15) is 13.5 Å². The van der Waals surface area contributed by atoms with E-state index in [0.29, 0.717) is 15.7 Å². The summed E-state index contributed by atoms with van der Waals surface area (Å²) < 4.78 is 33.8. The first-order chi connectivity index (χ1) is 12.4. The number of sulfonamides is 1. The zero-order valence-electron chi connectivity index (χ0n) is 13.7. The van der Waals surface area contributed by atoms with Gasteiger partial charge in [-0.25, -0.2) is 8.42 Å². The molecule has 6 nitrogen and oxygen atoms in total. The molecule has 0 fully saturated rings. The van der Waals surface area contributed by atoms with Crippen LogP contribution in [0.25, 0.3) is 11.1 Å². The Morgan fingerprint density at radius 3 is 2.46 bits per heavy atom. The quantitative estimate of drug-likeness (QED) is 0.632. The second kappa shape index (κ2) is 7.35. The Morgan fingerprint density at radius 2 is 1.77 bits per heavy atom. The van der Waals surface area contributed by atoms with Crippen molar-refractivity contribution in [2.24, 2.45) is 0 Å². The van der Waals surface area contributed by atoms with E-state index in [4.69, 9.17) is 4.74 Å². The van der Waals surface area contributed by atoms with Gasteiger partial charge in [0.15, 0.2) is 0 Å². The van der Waals surface area contributed by atoms with Crippen molar-refractivity contribution < 1.29 is 18.3 Å². The molecular formula is C18H15BrN2O4S. The molecule has 1 heterocycles. The Kier molecular flexibility index (Phi) is 5.15. The van der Waals surface area contributed by atoms with Crippen LogP contribution in [0.5, 0.6) is 11.5 Å². The number of aromatic hydroxyl groups is 1. The number of methoxy groups -OCH3 is 1. The fourth-order valence-electron chi connectivity index (χ4n) is 2.38. The van der Waals surface area contributed by atoms with Gasteiger partial charge in [-0.05, 0) is 42.0 Å². The summed E-state index contributed by atoms with van der Waals surface area (Å²) in [5, 5.41) is 9.39. The van der Waals surface area contributed by atoms with Gasteiger partial charge in [0, 0.05) is 16.2 Å². The molecule has 0 aliphatic heterocycles. The first-order valence-electron chi connectivity index (χ1n) is 7.50. The Morgan fingerprint density at radius 1 is 1.04 bits per heavy atom. The highest BCUT2D eigenvalue weighted by atomic mass is 79.9. The molecular weight excluding hydrogens is 420 g/mol. The van der Waals surface area contributed by atoms with Crippen LogP contribution in [0, 0.1) is 0 Å². The fraction of sp³-hybridized carbons (Fsp3) is 0.0556. The van der Waals surface area contributed by atoms with Crippen molar-refractivity contribution >= 4 is 31.6 Å². The van der Waals surface area contributed by atoms with E-state index in [0.717, 1.165) is 5.56 Å². The molecule has 0 aliphatic rings. The van der Waals surface area contributed by atoms with Gasteiger partial charge in [0.25, 0.3) is 10.0 Å². The molecule has 0 aliphatic carbocycles. The number of halogens is 1. The van der Waals surface area contributed by atoms with Crippen molar-refractivity contribution in [3.63, 3.8) is 0 Å². The lowest BCUT2D eigenvalue weighted by atomic mass is 10.1. The van der Waals surface area contributed by atoms with Gasteiger partial charge in [-0.3, -0.25) is 9.71 Å². The third-order valence-electron chi connectivity index (χ3n) is 3.61. The molecule has 8 heteroatoms. The second-order valence-corrected chi connectivity index (χ2v) is 7.98. The van der Waals surface area contributed by atoms with E-state index in [1.807, 2.05) is 0 Å². The van der Waals surface area contributed by atoms with Crippen LogP contribution in [-0.4, -0.2) is 25.6 Å².